The van der Waals surface area contributed by atoms with Gasteiger partial charge in [0.2, 0.25) is 5.78 Å². The molecule has 4 rings (SSSR count). The minimum Gasteiger partial charge on any atom is -0.465 e. The second-order valence-electron chi connectivity index (χ2n) is 5.48. The molecule has 0 atom stereocenters. The van der Waals surface area contributed by atoms with E-state index in [2.05, 4.69) is 0 Å². The molecule has 26 heavy (non-hydrogen) atoms. The molecule has 2 heterocycles. The van der Waals surface area contributed by atoms with Gasteiger partial charge in [-0.3, -0.25) is 4.79 Å². The van der Waals surface area contributed by atoms with E-state index in [0.717, 1.165) is 0 Å². The van der Waals surface area contributed by atoms with Crippen molar-refractivity contribution in [3.05, 3.63) is 89.3 Å². The SMILES string of the molecule is O=C(Oc1ccc2c(c1)O/C(=C\c1ccco1)C2=O)c1ccccc1F. The van der Waals surface area contributed by atoms with Crippen LogP contribution in [0, 0.1) is 5.82 Å². The van der Waals surface area contributed by atoms with Gasteiger partial charge in [-0.2, -0.15) is 0 Å². The smallest absolute Gasteiger partial charge is 0.346 e. The maximum atomic E-state index is 13.7. The summed E-state index contributed by atoms with van der Waals surface area (Å²) in [5.74, 6) is -0.827. The summed E-state index contributed by atoms with van der Waals surface area (Å²) in [5.41, 5.74) is 0.164. The predicted octanol–water partition coefficient (Wildman–Crippen LogP) is 4.25. The Morgan fingerprint density at radius 3 is 2.69 bits per heavy atom. The van der Waals surface area contributed by atoms with E-state index in [1.165, 1.54) is 54.8 Å². The van der Waals surface area contributed by atoms with E-state index in [1.807, 2.05) is 0 Å². The van der Waals surface area contributed by atoms with Gasteiger partial charge in [0.05, 0.1) is 17.4 Å². The fourth-order valence-electron chi connectivity index (χ4n) is 2.52. The molecular formula is C20H11FO5. The van der Waals surface area contributed by atoms with E-state index >= 15 is 0 Å². The molecule has 0 fully saturated rings. The normalized spacial score (nSPS) is 14.2. The maximum Gasteiger partial charge on any atom is 0.346 e. The second kappa shape index (κ2) is 6.33. The zero-order valence-electron chi connectivity index (χ0n) is 13.3. The van der Waals surface area contributed by atoms with Crippen molar-refractivity contribution >= 4 is 17.8 Å². The number of carbonyl (C=O) groups excluding carboxylic acids is 2. The van der Waals surface area contributed by atoms with E-state index in [0.29, 0.717) is 11.3 Å². The zero-order valence-corrected chi connectivity index (χ0v) is 13.3. The van der Waals surface area contributed by atoms with Gasteiger partial charge in [0, 0.05) is 12.1 Å². The molecule has 5 nitrogen and oxygen atoms in total. The van der Waals surface area contributed by atoms with Gasteiger partial charge in [0.1, 0.15) is 23.1 Å². The van der Waals surface area contributed by atoms with Crippen molar-refractivity contribution in [3.8, 4) is 11.5 Å². The Balaban J connectivity index is 1.57. The standard InChI is InChI=1S/C20H11FO5/c21-16-6-2-1-5-14(16)20(23)25-13-7-8-15-17(11-13)26-18(19(15)22)10-12-4-3-9-24-12/h1-11H/b18-10-. The van der Waals surface area contributed by atoms with Crippen LogP contribution in [-0.2, 0) is 0 Å². The van der Waals surface area contributed by atoms with Crippen molar-refractivity contribution in [1.82, 2.24) is 0 Å². The molecule has 3 aromatic rings. The third-order valence-corrected chi connectivity index (χ3v) is 3.76. The topological polar surface area (TPSA) is 65.7 Å². The number of hydrogen-bond acceptors (Lipinski definition) is 5. The first-order valence-corrected chi connectivity index (χ1v) is 7.70. The molecule has 0 radical (unpaired) electrons. The molecule has 1 aromatic heterocycles. The van der Waals surface area contributed by atoms with Crippen LogP contribution in [0.3, 0.4) is 0 Å². The van der Waals surface area contributed by atoms with Crippen LogP contribution in [0.4, 0.5) is 4.39 Å². The Morgan fingerprint density at radius 2 is 1.92 bits per heavy atom. The number of hydrogen-bond donors (Lipinski definition) is 0. The van der Waals surface area contributed by atoms with Gasteiger partial charge in [-0.05, 0) is 36.4 Å². The quantitative estimate of drug-likeness (QED) is 0.401. The van der Waals surface area contributed by atoms with Gasteiger partial charge >= 0.3 is 5.97 Å². The van der Waals surface area contributed by atoms with Crippen LogP contribution < -0.4 is 9.47 Å². The molecule has 6 heteroatoms. The van der Waals surface area contributed by atoms with Crippen LogP contribution in [-0.4, -0.2) is 11.8 Å². The van der Waals surface area contributed by atoms with Gasteiger partial charge in [-0.25, -0.2) is 9.18 Å². The lowest BCUT2D eigenvalue weighted by molar-refractivity contribution is 0.0729. The highest BCUT2D eigenvalue weighted by Crippen LogP contribution is 2.35. The van der Waals surface area contributed by atoms with Gasteiger partial charge < -0.3 is 13.9 Å². The highest BCUT2D eigenvalue weighted by molar-refractivity contribution is 6.14. The Hall–Kier alpha value is -3.67. The highest BCUT2D eigenvalue weighted by Gasteiger charge is 2.28. The summed E-state index contributed by atoms with van der Waals surface area (Å²) in [6.07, 6.45) is 2.96. The zero-order chi connectivity index (χ0) is 18.1. The molecule has 0 saturated heterocycles. The van der Waals surface area contributed by atoms with Gasteiger partial charge in [-0.15, -0.1) is 0 Å². The minimum atomic E-state index is -0.835. The summed E-state index contributed by atoms with van der Waals surface area (Å²) < 4.78 is 29.5. The Bertz CT molecular complexity index is 1030. The Kier molecular flexibility index (Phi) is 3.85. The lowest BCUT2D eigenvalue weighted by Crippen LogP contribution is -2.10. The fourth-order valence-corrected chi connectivity index (χ4v) is 2.52. The summed E-state index contributed by atoms with van der Waals surface area (Å²) >= 11 is 0. The first-order chi connectivity index (χ1) is 12.6. The second-order valence-corrected chi connectivity index (χ2v) is 5.48. The highest BCUT2D eigenvalue weighted by atomic mass is 19.1. The number of rotatable bonds is 3. The average molecular weight is 350 g/mol. The van der Waals surface area contributed by atoms with Crippen molar-refractivity contribution in [2.24, 2.45) is 0 Å². The third-order valence-electron chi connectivity index (χ3n) is 3.76. The summed E-state index contributed by atoms with van der Waals surface area (Å²) in [6.45, 7) is 0. The van der Waals surface area contributed by atoms with Crippen LogP contribution in [0.2, 0.25) is 0 Å². The molecule has 0 spiro atoms. The number of fused-ring (bicyclic) bond motifs is 1. The first-order valence-electron chi connectivity index (χ1n) is 7.70. The summed E-state index contributed by atoms with van der Waals surface area (Å²) in [6, 6.07) is 13.3. The molecule has 0 aliphatic carbocycles. The van der Waals surface area contributed by atoms with E-state index in [1.54, 1.807) is 12.1 Å². The van der Waals surface area contributed by atoms with Crippen molar-refractivity contribution in [3.63, 3.8) is 0 Å². The van der Waals surface area contributed by atoms with Gasteiger partial charge in [-0.1, -0.05) is 12.1 Å². The number of allylic oxidation sites excluding steroid dienone is 1. The summed E-state index contributed by atoms with van der Waals surface area (Å²) in [4.78, 5) is 24.4. The van der Waals surface area contributed by atoms with Crippen LogP contribution in [0.1, 0.15) is 26.5 Å². The van der Waals surface area contributed by atoms with Crippen LogP contribution in [0.25, 0.3) is 6.08 Å². The van der Waals surface area contributed by atoms with Gasteiger partial charge in [0.25, 0.3) is 0 Å². The lowest BCUT2D eigenvalue weighted by Gasteiger charge is -2.06. The molecule has 0 N–H and O–H groups in total. The fraction of sp³-hybridized carbons (Fsp3) is 0. The maximum absolute atomic E-state index is 13.7. The monoisotopic (exact) mass is 350 g/mol. The van der Waals surface area contributed by atoms with Crippen molar-refractivity contribution in [1.29, 1.82) is 0 Å². The van der Waals surface area contributed by atoms with Crippen LogP contribution in [0.5, 0.6) is 11.5 Å². The van der Waals surface area contributed by atoms with Crippen LogP contribution >= 0.6 is 0 Å². The average Bonchev–Trinajstić information content (AvgIpc) is 3.24. The van der Waals surface area contributed by atoms with Gasteiger partial charge in [0.15, 0.2) is 5.76 Å². The third kappa shape index (κ3) is 2.88. The molecule has 2 aromatic carbocycles. The lowest BCUT2D eigenvalue weighted by atomic mass is 10.1. The minimum absolute atomic E-state index is 0.104. The van der Waals surface area contributed by atoms with E-state index in [4.69, 9.17) is 13.9 Å². The summed E-state index contributed by atoms with van der Waals surface area (Å²) in [7, 11) is 0. The Labute approximate surface area is 147 Å². The molecule has 1 aliphatic heterocycles. The van der Waals surface area contributed by atoms with Crippen molar-refractivity contribution < 1.29 is 27.9 Å². The number of Topliss-reactive ketones (excluding diaryl/α,β-unsaturated/α-hetero) is 1. The molecular weight excluding hydrogens is 339 g/mol. The molecule has 0 unspecified atom stereocenters. The number of ether oxygens (including phenoxy) is 2. The predicted molar refractivity (Wildman–Crippen MR) is 89.4 cm³/mol. The largest absolute Gasteiger partial charge is 0.465 e. The Morgan fingerprint density at radius 1 is 1.08 bits per heavy atom. The molecule has 0 amide bonds. The summed E-state index contributed by atoms with van der Waals surface area (Å²) in [5, 5.41) is 0. The number of benzene rings is 2. The number of ketones is 1. The van der Waals surface area contributed by atoms with E-state index < -0.39 is 11.8 Å². The number of carbonyl (C=O) groups is 2. The van der Waals surface area contributed by atoms with Crippen LogP contribution in [0.15, 0.2) is 71.0 Å². The van der Waals surface area contributed by atoms with Crippen molar-refractivity contribution in [2.75, 3.05) is 0 Å². The molecule has 0 bridgehead atoms. The number of halogens is 1. The molecule has 128 valence electrons. The number of furan rings is 1. The van der Waals surface area contributed by atoms with E-state index in [-0.39, 0.29) is 28.6 Å². The molecule has 0 saturated carbocycles. The van der Waals surface area contributed by atoms with Crippen molar-refractivity contribution in [2.45, 2.75) is 0 Å². The van der Waals surface area contributed by atoms with E-state index in [9.17, 15) is 14.0 Å². The molecule has 1 aliphatic rings. The first kappa shape index (κ1) is 15.8. The number of esters is 1.